The minimum absolute atomic E-state index is 0.148. The fourth-order valence-electron chi connectivity index (χ4n) is 3.38. The van der Waals surface area contributed by atoms with Crippen LogP contribution >= 0.6 is 0 Å². The molecule has 0 aliphatic carbocycles. The number of hydrogen-bond donors (Lipinski definition) is 4. The number of carbonyl (C=O) groups is 3. The Kier molecular flexibility index (Phi) is 8.71. The summed E-state index contributed by atoms with van der Waals surface area (Å²) < 4.78 is 0. The first-order valence-corrected chi connectivity index (χ1v) is 10.9. The van der Waals surface area contributed by atoms with Crippen molar-refractivity contribution in [2.75, 3.05) is 0 Å². The third-order valence-corrected chi connectivity index (χ3v) is 5.21. The van der Waals surface area contributed by atoms with Crippen molar-refractivity contribution in [2.24, 2.45) is 5.73 Å². The van der Waals surface area contributed by atoms with E-state index in [1.54, 1.807) is 66.7 Å². The number of aliphatic hydroxyl groups excluding tert-OH is 1. The van der Waals surface area contributed by atoms with Crippen LogP contribution in [0.4, 0.5) is 0 Å². The molecule has 3 aromatic rings. The van der Waals surface area contributed by atoms with Crippen molar-refractivity contribution in [3.05, 3.63) is 114 Å². The Labute approximate surface area is 198 Å². The summed E-state index contributed by atoms with van der Waals surface area (Å²) in [6.45, 7) is 0. The van der Waals surface area contributed by atoms with Gasteiger partial charge in [0, 0.05) is 5.56 Å². The van der Waals surface area contributed by atoms with Gasteiger partial charge in [-0.15, -0.1) is 0 Å². The van der Waals surface area contributed by atoms with E-state index in [2.05, 4.69) is 10.6 Å². The van der Waals surface area contributed by atoms with Gasteiger partial charge in [-0.3, -0.25) is 14.4 Å². The molecule has 5 N–H and O–H groups in total. The van der Waals surface area contributed by atoms with Gasteiger partial charge in [-0.1, -0.05) is 91.0 Å². The first-order valence-electron chi connectivity index (χ1n) is 10.9. The highest BCUT2D eigenvalue weighted by Crippen LogP contribution is 2.18. The fraction of sp³-hybridized carbons (Fsp3) is 0.148. The molecule has 7 heteroatoms. The van der Waals surface area contributed by atoms with E-state index in [1.807, 2.05) is 36.4 Å². The van der Waals surface area contributed by atoms with E-state index in [1.165, 1.54) is 0 Å². The van der Waals surface area contributed by atoms with Crippen LogP contribution in [0.15, 0.2) is 97.1 Å². The normalized spacial score (nSPS) is 13.6. The van der Waals surface area contributed by atoms with Gasteiger partial charge in [-0.25, -0.2) is 0 Å². The molecule has 0 saturated heterocycles. The number of nitrogens with one attached hydrogen (secondary N) is 2. The van der Waals surface area contributed by atoms with Crippen LogP contribution in [0.5, 0.6) is 0 Å². The molecule has 174 valence electrons. The number of benzene rings is 3. The van der Waals surface area contributed by atoms with Crippen LogP contribution in [-0.2, 0) is 9.59 Å². The molecule has 0 unspecified atom stereocenters. The second-order valence-electron chi connectivity index (χ2n) is 7.68. The molecule has 0 aliphatic heterocycles. The number of rotatable bonds is 10. The predicted octanol–water partition coefficient (Wildman–Crippen LogP) is 2.59. The van der Waals surface area contributed by atoms with Gasteiger partial charge < -0.3 is 21.5 Å². The van der Waals surface area contributed by atoms with Crippen LogP contribution in [0.3, 0.4) is 0 Å². The minimum atomic E-state index is -1.66. The Balaban J connectivity index is 1.73. The number of carbonyl (C=O) groups excluding carboxylic acids is 3. The standard InChI is InChI=1S/C27H27N3O4/c28-25(32)22(18-10-13-19-11-4-1-5-12-19)29-27(34)24(31)23(20-14-6-2-7-15-20)30-26(33)21-16-8-3-9-17-21/h1-17,22-24,31H,18H2,(H2,28,32)(H,29,34)(H,30,33)/b13-10+/t22-,23-,24+/m0/s1. The Morgan fingerprint density at radius 1 is 0.824 bits per heavy atom. The van der Waals surface area contributed by atoms with Crippen LogP contribution in [0.2, 0.25) is 0 Å². The molecule has 0 saturated carbocycles. The molecule has 0 aromatic heterocycles. The van der Waals surface area contributed by atoms with Crippen molar-refractivity contribution in [3.8, 4) is 0 Å². The summed E-state index contributed by atoms with van der Waals surface area (Å²) in [5.74, 6) is -2.00. The van der Waals surface area contributed by atoms with Crippen LogP contribution in [0, 0.1) is 0 Å². The maximum Gasteiger partial charge on any atom is 0.252 e. The Hall–Kier alpha value is -4.23. The third kappa shape index (κ3) is 6.88. The zero-order chi connectivity index (χ0) is 24.3. The zero-order valence-corrected chi connectivity index (χ0v) is 18.5. The molecule has 3 rings (SSSR count). The Bertz CT molecular complexity index is 1120. The highest BCUT2D eigenvalue weighted by Gasteiger charge is 2.31. The van der Waals surface area contributed by atoms with Gasteiger partial charge in [-0.2, -0.15) is 0 Å². The van der Waals surface area contributed by atoms with Crippen molar-refractivity contribution in [1.82, 2.24) is 10.6 Å². The molecule has 3 amide bonds. The highest BCUT2D eigenvalue weighted by molar-refractivity contribution is 5.95. The maximum atomic E-state index is 12.9. The number of nitrogens with two attached hydrogens (primary N) is 1. The molecule has 7 nitrogen and oxygen atoms in total. The number of hydrogen-bond acceptors (Lipinski definition) is 4. The molecule has 0 spiro atoms. The lowest BCUT2D eigenvalue weighted by atomic mass is 9.99. The van der Waals surface area contributed by atoms with Crippen LogP contribution in [0.25, 0.3) is 6.08 Å². The molecule has 3 aromatic carbocycles. The van der Waals surface area contributed by atoms with Crippen LogP contribution in [-0.4, -0.2) is 35.0 Å². The largest absolute Gasteiger partial charge is 0.381 e. The van der Waals surface area contributed by atoms with E-state index in [0.717, 1.165) is 5.56 Å². The van der Waals surface area contributed by atoms with Crippen molar-refractivity contribution >= 4 is 23.8 Å². The van der Waals surface area contributed by atoms with Gasteiger partial charge >= 0.3 is 0 Å². The van der Waals surface area contributed by atoms with Gasteiger partial charge in [-0.05, 0) is 29.7 Å². The molecule has 3 atom stereocenters. The molecule has 0 fully saturated rings. The Morgan fingerprint density at radius 2 is 1.38 bits per heavy atom. The van der Waals surface area contributed by atoms with E-state index in [0.29, 0.717) is 11.1 Å². The average molecular weight is 458 g/mol. The highest BCUT2D eigenvalue weighted by atomic mass is 16.3. The summed E-state index contributed by atoms with van der Waals surface area (Å²) >= 11 is 0. The van der Waals surface area contributed by atoms with E-state index in [9.17, 15) is 19.5 Å². The Morgan fingerprint density at radius 3 is 1.97 bits per heavy atom. The van der Waals surface area contributed by atoms with Gasteiger partial charge in [0.05, 0.1) is 6.04 Å². The van der Waals surface area contributed by atoms with E-state index >= 15 is 0 Å². The van der Waals surface area contributed by atoms with Gasteiger partial charge in [0.25, 0.3) is 11.8 Å². The number of primary amides is 1. The van der Waals surface area contributed by atoms with Crippen molar-refractivity contribution in [3.63, 3.8) is 0 Å². The first-order chi connectivity index (χ1) is 16.5. The quantitative estimate of drug-likeness (QED) is 0.374. The van der Waals surface area contributed by atoms with E-state index in [4.69, 9.17) is 5.73 Å². The average Bonchev–Trinajstić information content (AvgIpc) is 2.87. The van der Waals surface area contributed by atoms with Crippen LogP contribution < -0.4 is 16.4 Å². The van der Waals surface area contributed by atoms with Crippen LogP contribution in [0.1, 0.15) is 33.9 Å². The molecule has 0 bridgehead atoms. The smallest absolute Gasteiger partial charge is 0.252 e. The van der Waals surface area contributed by atoms with Crippen molar-refractivity contribution < 1.29 is 19.5 Å². The SMILES string of the molecule is NC(=O)[C@H](C/C=C/c1ccccc1)NC(=O)[C@H](O)[C@@H](NC(=O)c1ccccc1)c1ccccc1. The van der Waals surface area contributed by atoms with Gasteiger partial charge in [0.1, 0.15) is 6.04 Å². The molecule has 0 heterocycles. The lowest BCUT2D eigenvalue weighted by molar-refractivity contribution is -0.134. The van der Waals surface area contributed by atoms with E-state index < -0.39 is 35.9 Å². The molecule has 0 aliphatic rings. The van der Waals surface area contributed by atoms with Crippen molar-refractivity contribution in [1.29, 1.82) is 0 Å². The lowest BCUT2D eigenvalue weighted by Gasteiger charge is -2.25. The summed E-state index contributed by atoms with van der Waals surface area (Å²) in [5, 5.41) is 16.1. The maximum absolute atomic E-state index is 12.9. The summed E-state index contributed by atoms with van der Waals surface area (Å²) in [6.07, 6.45) is 2.03. The molecular weight excluding hydrogens is 430 g/mol. The summed E-state index contributed by atoms with van der Waals surface area (Å²) in [7, 11) is 0. The van der Waals surface area contributed by atoms with Gasteiger partial charge in [0.15, 0.2) is 6.10 Å². The molecule has 0 radical (unpaired) electrons. The zero-order valence-electron chi connectivity index (χ0n) is 18.5. The monoisotopic (exact) mass is 457 g/mol. The number of aliphatic hydroxyl groups is 1. The topological polar surface area (TPSA) is 122 Å². The third-order valence-electron chi connectivity index (χ3n) is 5.21. The summed E-state index contributed by atoms with van der Waals surface area (Å²) in [6, 6.07) is 24.5. The summed E-state index contributed by atoms with van der Waals surface area (Å²) in [5.41, 5.74) is 7.33. The van der Waals surface area contributed by atoms with E-state index in [-0.39, 0.29) is 6.42 Å². The minimum Gasteiger partial charge on any atom is -0.381 e. The fourth-order valence-corrected chi connectivity index (χ4v) is 3.38. The first kappa shape index (κ1) is 24.4. The second kappa shape index (κ2) is 12.1. The van der Waals surface area contributed by atoms with Gasteiger partial charge in [0.2, 0.25) is 5.91 Å². The summed E-state index contributed by atoms with van der Waals surface area (Å²) in [4.78, 5) is 37.5. The molecular formula is C27H27N3O4. The lowest BCUT2D eigenvalue weighted by Crippen LogP contribution is -2.51. The second-order valence-corrected chi connectivity index (χ2v) is 7.68. The molecule has 34 heavy (non-hydrogen) atoms. The number of amides is 3. The predicted molar refractivity (Wildman–Crippen MR) is 130 cm³/mol. The van der Waals surface area contributed by atoms with Crippen molar-refractivity contribution in [2.45, 2.75) is 24.6 Å².